The molecule has 0 saturated carbocycles. The van der Waals surface area contributed by atoms with Gasteiger partial charge in [-0.25, -0.2) is 4.79 Å². The van der Waals surface area contributed by atoms with Crippen LogP contribution >= 0.6 is 0 Å². The van der Waals surface area contributed by atoms with E-state index in [4.69, 9.17) is 20.4 Å². The van der Waals surface area contributed by atoms with Crippen LogP contribution in [0.25, 0.3) is 0 Å². The standard InChI is InChI=1S/C7H14O5/c8-4-5(9)2-1-3-6(10)7(11)12/h5-6,8-10H,1-4H2,(H,11,12). The molecule has 0 amide bonds. The van der Waals surface area contributed by atoms with Gasteiger partial charge in [0.25, 0.3) is 0 Å². The van der Waals surface area contributed by atoms with Crippen molar-refractivity contribution in [2.24, 2.45) is 0 Å². The van der Waals surface area contributed by atoms with Crippen molar-refractivity contribution in [3.8, 4) is 0 Å². The second-order valence-electron chi connectivity index (χ2n) is 2.62. The topological polar surface area (TPSA) is 98.0 Å². The van der Waals surface area contributed by atoms with Gasteiger partial charge in [0.1, 0.15) is 0 Å². The van der Waals surface area contributed by atoms with Crippen molar-refractivity contribution in [1.82, 2.24) is 0 Å². The zero-order chi connectivity index (χ0) is 9.56. The summed E-state index contributed by atoms with van der Waals surface area (Å²) in [6.45, 7) is -0.330. The molecule has 2 unspecified atom stereocenters. The minimum absolute atomic E-state index is 0.104. The van der Waals surface area contributed by atoms with Gasteiger partial charge in [0, 0.05) is 0 Å². The lowest BCUT2D eigenvalue weighted by atomic mass is 10.1. The molecule has 72 valence electrons. The summed E-state index contributed by atoms with van der Waals surface area (Å²) >= 11 is 0. The van der Waals surface area contributed by atoms with Crippen LogP contribution in [-0.4, -0.2) is 45.2 Å². The third-order valence-corrected chi connectivity index (χ3v) is 1.51. The van der Waals surface area contributed by atoms with Gasteiger partial charge in [-0.05, 0) is 19.3 Å². The average Bonchev–Trinajstić information content (AvgIpc) is 2.03. The van der Waals surface area contributed by atoms with Gasteiger partial charge in [0.05, 0.1) is 12.7 Å². The largest absolute Gasteiger partial charge is 0.479 e. The smallest absolute Gasteiger partial charge is 0.332 e. The molecule has 5 heteroatoms. The van der Waals surface area contributed by atoms with Crippen LogP contribution in [-0.2, 0) is 4.79 Å². The quantitative estimate of drug-likeness (QED) is 0.416. The molecular weight excluding hydrogens is 164 g/mol. The molecule has 0 radical (unpaired) electrons. The molecule has 0 spiro atoms. The predicted octanol–water partition coefficient (Wildman–Crippen LogP) is -1.04. The van der Waals surface area contributed by atoms with Gasteiger partial charge in [-0.3, -0.25) is 0 Å². The molecule has 0 aliphatic heterocycles. The fraction of sp³-hybridized carbons (Fsp3) is 0.857. The van der Waals surface area contributed by atoms with Gasteiger partial charge in [0.15, 0.2) is 6.10 Å². The Morgan fingerprint density at radius 3 is 2.25 bits per heavy atom. The van der Waals surface area contributed by atoms with Crippen LogP contribution in [0.5, 0.6) is 0 Å². The average molecular weight is 178 g/mol. The number of carboxylic acid groups (broad SMARTS) is 1. The predicted molar refractivity (Wildman–Crippen MR) is 40.6 cm³/mol. The van der Waals surface area contributed by atoms with Crippen LogP contribution in [0.1, 0.15) is 19.3 Å². The van der Waals surface area contributed by atoms with E-state index in [-0.39, 0.29) is 13.0 Å². The maximum atomic E-state index is 10.1. The summed E-state index contributed by atoms with van der Waals surface area (Å²) in [5.74, 6) is -1.26. The molecule has 0 aromatic carbocycles. The van der Waals surface area contributed by atoms with Gasteiger partial charge >= 0.3 is 5.97 Å². The van der Waals surface area contributed by atoms with Crippen LogP contribution in [0.3, 0.4) is 0 Å². The normalized spacial score (nSPS) is 15.6. The second kappa shape index (κ2) is 5.93. The molecule has 2 atom stereocenters. The molecule has 5 nitrogen and oxygen atoms in total. The molecule has 0 bridgehead atoms. The number of aliphatic hydroxyl groups is 3. The highest BCUT2D eigenvalue weighted by Gasteiger charge is 2.12. The number of hydrogen-bond donors (Lipinski definition) is 4. The van der Waals surface area contributed by atoms with E-state index < -0.39 is 18.2 Å². The molecule has 0 rings (SSSR count). The van der Waals surface area contributed by atoms with Crippen LogP contribution < -0.4 is 0 Å². The Morgan fingerprint density at radius 1 is 1.25 bits per heavy atom. The molecule has 0 saturated heterocycles. The van der Waals surface area contributed by atoms with Crippen molar-refractivity contribution in [2.45, 2.75) is 31.5 Å². The van der Waals surface area contributed by atoms with Gasteiger partial charge in [-0.2, -0.15) is 0 Å². The molecule has 12 heavy (non-hydrogen) atoms. The molecule has 0 aromatic heterocycles. The third-order valence-electron chi connectivity index (χ3n) is 1.51. The van der Waals surface area contributed by atoms with Gasteiger partial charge < -0.3 is 20.4 Å². The van der Waals surface area contributed by atoms with Crippen molar-refractivity contribution in [1.29, 1.82) is 0 Å². The van der Waals surface area contributed by atoms with Crippen molar-refractivity contribution in [3.63, 3.8) is 0 Å². The summed E-state index contributed by atoms with van der Waals surface area (Å²) in [6, 6.07) is 0. The van der Waals surface area contributed by atoms with E-state index in [2.05, 4.69) is 0 Å². The molecule has 0 heterocycles. The van der Waals surface area contributed by atoms with E-state index in [0.717, 1.165) is 0 Å². The monoisotopic (exact) mass is 178 g/mol. The van der Waals surface area contributed by atoms with E-state index >= 15 is 0 Å². The van der Waals surface area contributed by atoms with Crippen LogP contribution in [0.15, 0.2) is 0 Å². The van der Waals surface area contributed by atoms with Crippen molar-refractivity contribution >= 4 is 5.97 Å². The molecular formula is C7H14O5. The second-order valence-corrected chi connectivity index (χ2v) is 2.62. The molecule has 0 aliphatic carbocycles. The van der Waals surface area contributed by atoms with Gasteiger partial charge in [0.2, 0.25) is 0 Å². The lowest BCUT2D eigenvalue weighted by Gasteiger charge is -2.07. The zero-order valence-corrected chi connectivity index (χ0v) is 6.68. The number of carbonyl (C=O) groups is 1. The summed E-state index contributed by atoms with van der Waals surface area (Å²) in [5.41, 5.74) is 0. The SMILES string of the molecule is O=C(O)C(O)CCCC(O)CO. The number of aliphatic hydroxyl groups excluding tert-OH is 3. The van der Waals surface area contributed by atoms with Gasteiger partial charge in [-0.1, -0.05) is 0 Å². The highest BCUT2D eigenvalue weighted by molar-refractivity contribution is 5.71. The summed E-state index contributed by atoms with van der Waals surface area (Å²) < 4.78 is 0. The van der Waals surface area contributed by atoms with Crippen LogP contribution in [0.2, 0.25) is 0 Å². The first-order valence-corrected chi connectivity index (χ1v) is 3.77. The summed E-state index contributed by atoms with van der Waals surface area (Å²) in [7, 11) is 0. The first-order chi connectivity index (χ1) is 5.57. The maximum absolute atomic E-state index is 10.1. The molecule has 0 fully saturated rings. The third kappa shape index (κ3) is 5.06. The lowest BCUT2D eigenvalue weighted by molar-refractivity contribution is -0.147. The van der Waals surface area contributed by atoms with Crippen molar-refractivity contribution in [3.05, 3.63) is 0 Å². The highest BCUT2D eigenvalue weighted by atomic mass is 16.4. The van der Waals surface area contributed by atoms with E-state index in [1.807, 2.05) is 0 Å². The van der Waals surface area contributed by atoms with E-state index in [1.54, 1.807) is 0 Å². The van der Waals surface area contributed by atoms with Crippen LogP contribution in [0.4, 0.5) is 0 Å². The summed E-state index contributed by atoms with van der Waals surface area (Å²) in [6.07, 6.45) is -1.38. The summed E-state index contributed by atoms with van der Waals surface area (Å²) in [5, 5.41) is 34.2. The lowest BCUT2D eigenvalue weighted by Crippen LogP contribution is -2.20. The molecule has 0 aliphatic rings. The number of rotatable bonds is 6. The minimum atomic E-state index is -1.36. The maximum Gasteiger partial charge on any atom is 0.332 e. The van der Waals surface area contributed by atoms with Crippen molar-refractivity contribution in [2.75, 3.05) is 6.61 Å². The first kappa shape index (κ1) is 11.4. The first-order valence-electron chi connectivity index (χ1n) is 3.77. The number of carboxylic acids is 1. The number of hydrogen-bond acceptors (Lipinski definition) is 4. The minimum Gasteiger partial charge on any atom is -0.479 e. The van der Waals surface area contributed by atoms with Gasteiger partial charge in [-0.15, -0.1) is 0 Å². The fourth-order valence-electron chi connectivity index (χ4n) is 0.762. The zero-order valence-electron chi connectivity index (χ0n) is 6.68. The Bertz CT molecular complexity index is 136. The Hall–Kier alpha value is -0.650. The summed E-state index contributed by atoms with van der Waals surface area (Å²) in [4.78, 5) is 10.1. The number of aliphatic carboxylic acids is 1. The highest BCUT2D eigenvalue weighted by Crippen LogP contribution is 2.03. The Morgan fingerprint density at radius 2 is 1.83 bits per heavy atom. The van der Waals surface area contributed by atoms with Crippen molar-refractivity contribution < 1.29 is 25.2 Å². The van der Waals surface area contributed by atoms with E-state index in [9.17, 15) is 4.79 Å². The molecule has 4 N–H and O–H groups in total. The van der Waals surface area contributed by atoms with E-state index in [1.165, 1.54) is 0 Å². The van der Waals surface area contributed by atoms with Crippen LogP contribution in [0, 0.1) is 0 Å². The fourth-order valence-corrected chi connectivity index (χ4v) is 0.762. The Labute approximate surface area is 70.3 Å². The molecule has 0 aromatic rings. The Kier molecular flexibility index (Phi) is 5.61. The van der Waals surface area contributed by atoms with E-state index in [0.29, 0.717) is 12.8 Å². The Balaban J connectivity index is 3.37.